The molecule has 0 aromatic rings. The van der Waals surface area contributed by atoms with E-state index in [1.54, 1.807) is 0 Å². The first-order chi connectivity index (χ1) is 7.62. The first-order valence-corrected chi connectivity index (χ1v) is 7.09. The molecular weight excluding hydrogens is 230 g/mol. The molecule has 0 aromatic carbocycles. The molecule has 0 spiro atoms. The van der Waals surface area contributed by atoms with Gasteiger partial charge in [-0.1, -0.05) is 6.92 Å². The molecule has 0 bridgehead atoms. The number of rotatable bonds is 6. The van der Waals surface area contributed by atoms with Crippen LogP contribution in [0.15, 0.2) is 0 Å². The zero-order valence-corrected chi connectivity index (χ0v) is 10.5. The predicted octanol–water partition coefficient (Wildman–Crippen LogP) is -1.16. The van der Waals surface area contributed by atoms with Gasteiger partial charge in [0.15, 0.2) is 0 Å². The Morgan fingerprint density at radius 2 is 1.94 bits per heavy atom. The van der Waals surface area contributed by atoms with Crippen molar-refractivity contribution in [1.29, 1.82) is 0 Å². The summed E-state index contributed by atoms with van der Waals surface area (Å²) in [5.74, 6) is 0. The van der Waals surface area contributed by atoms with Crippen molar-refractivity contribution in [3.63, 3.8) is 0 Å². The Morgan fingerprint density at radius 3 is 2.44 bits per heavy atom. The third kappa shape index (κ3) is 3.39. The highest BCUT2D eigenvalue weighted by molar-refractivity contribution is 7.86. The molecule has 1 fully saturated rings. The smallest absolute Gasteiger partial charge is 0.282 e. The van der Waals surface area contributed by atoms with Gasteiger partial charge in [0.25, 0.3) is 10.2 Å². The van der Waals surface area contributed by atoms with Gasteiger partial charge in [-0.2, -0.15) is 17.0 Å². The maximum Gasteiger partial charge on any atom is 0.282 e. The monoisotopic (exact) mass is 251 g/mol. The lowest BCUT2D eigenvalue weighted by Crippen LogP contribution is -2.52. The van der Waals surface area contributed by atoms with E-state index in [4.69, 9.17) is 5.11 Å². The molecule has 0 aliphatic carbocycles. The molecular formula is C9H21N3O3S. The summed E-state index contributed by atoms with van der Waals surface area (Å²) in [7, 11) is -3.38. The highest BCUT2D eigenvalue weighted by atomic mass is 32.2. The Hall–Kier alpha value is -0.210. The van der Waals surface area contributed by atoms with E-state index in [2.05, 4.69) is 5.32 Å². The predicted molar refractivity (Wildman–Crippen MR) is 62.3 cm³/mol. The number of hydrogen-bond donors (Lipinski definition) is 2. The van der Waals surface area contributed by atoms with Gasteiger partial charge in [0.05, 0.1) is 6.61 Å². The first kappa shape index (κ1) is 13.9. The zero-order valence-electron chi connectivity index (χ0n) is 9.72. The number of aliphatic hydroxyl groups is 1. The number of aliphatic hydroxyl groups excluding tert-OH is 1. The Bertz CT molecular complexity index is 282. The Kier molecular flexibility index (Phi) is 5.63. The number of hydrogen-bond acceptors (Lipinski definition) is 4. The number of piperazine rings is 1. The second kappa shape index (κ2) is 6.51. The van der Waals surface area contributed by atoms with Gasteiger partial charge in [-0.15, -0.1) is 0 Å². The third-order valence-corrected chi connectivity index (χ3v) is 4.59. The van der Waals surface area contributed by atoms with Crippen LogP contribution in [0.3, 0.4) is 0 Å². The molecule has 0 radical (unpaired) electrons. The van der Waals surface area contributed by atoms with Crippen LogP contribution in [0, 0.1) is 0 Å². The molecule has 0 amide bonds. The second-order valence-corrected chi connectivity index (χ2v) is 5.71. The third-order valence-electron chi connectivity index (χ3n) is 2.55. The summed E-state index contributed by atoms with van der Waals surface area (Å²) in [6.07, 6.45) is 0.755. The summed E-state index contributed by atoms with van der Waals surface area (Å²) >= 11 is 0. The Balaban J connectivity index is 2.70. The van der Waals surface area contributed by atoms with E-state index in [9.17, 15) is 8.42 Å². The van der Waals surface area contributed by atoms with Gasteiger partial charge in [-0.3, -0.25) is 0 Å². The van der Waals surface area contributed by atoms with Gasteiger partial charge >= 0.3 is 0 Å². The molecule has 0 saturated carbocycles. The van der Waals surface area contributed by atoms with Crippen LogP contribution in [0.2, 0.25) is 0 Å². The van der Waals surface area contributed by atoms with E-state index in [0.717, 1.165) is 6.42 Å². The van der Waals surface area contributed by atoms with Crippen LogP contribution >= 0.6 is 0 Å². The fraction of sp³-hybridized carbons (Fsp3) is 1.00. The first-order valence-electron chi connectivity index (χ1n) is 5.69. The molecule has 96 valence electrons. The van der Waals surface area contributed by atoms with Gasteiger partial charge in [0.2, 0.25) is 0 Å². The van der Waals surface area contributed by atoms with Gasteiger partial charge in [0, 0.05) is 39.3 Å². The van der Waals surface area contributed by atoms with Gasteiger partial charge in [-0.25, -0.2) is 0 Å². The second-order valence-electron chi connectivity index (χ2n) is 3.78. The van der Waals surface area contributed by atoms with Crippen molar-refractivity contribution in [3.05, 3.63) is 0 Å². The molecule has 1 aliphatic rings. The van der Waals surface area contributed by atoms with Crippen molar-refractivity contribution in [2.45, 2.75) is 13.3 Å². The lowest BCUT2D eigenvalue weighted by Gasteiger charge is -2.32. The van der Waals surface area contributed by atoms with E-state index in [0.29, 0.717) is 32.7 Å². The Labute approximate surface area is 97.4 Å². The van der Waals surface area contributed by atoms with Crippen LogP contribution in [-0.4, -0.2) is 68.0 Å². The standard InChI is InChI=1S/C9H21N3O3S/c1-2-5-11(8-9-13)16(14,15)12-6-3-10-4-7-12/h10,13H,2-9H2,1H3. The van der Waals surface area contributed by atoms with Crippen molar-refractivity contribution in [2.24, 2.45) is 0 Å². The van der Waals surface area contributed by atoms with Gasteiger partial charge in [0.1, 0.15) is 0 Å². The minimum absolute atomic E-state index is 0.134. The van der Waals surface area contributed by atoms with E-state index >= 15 is 0 Å². The van der Waals surface area contributed by atoms with Crippen LogP contribution in [0.1, 0.15) is 13.3 Å². The minimum atomic E-state index is -3.38. The van der Waals surface area contributed by atoms with Gasteiger partial charge in [-0.05, 0) is 6.42 Å². The lowest BCUT2D eigenvalue weighted by atomic mass is 10.4. The average Bonchev–Trinajstić information content (AvgIpc) is 2.30. The van der Waals surface area contributed by atoms with E-state index in [-0.39, 0.29) is 13.2 Å². The highest BCUT2D eigenvalue weighted by Crippen LogP contribution is 2.09. The average molecular weight is 251 g/mol. The SMILES string of the molecule is CCCN(CCO)S(=O)(=O)N1CCNCC1. The van der Waals surface area contributed by atoms with Crippen molar-refractivity contribution < 1.29 is 13.5 Å². The lowest BCUT2D eigenvalue weighted by molar-refractivity contribution is 0.240. The molecule has 2 N–H and O–H groups in total. The molecule has 0 aromatic heterocycles. The van der Waals surface area contributed by atoms with Crippen LogP contribution < -0.4 is 5.32 Å². The van der Waals surface area contributed by atoms with E-state index in [1.165, 1.54) is 8.61 Å². The molecule has 1 heterocycles. The van der Waals surface area contributed by atoms with Crippen molar-refractivity contribution in [2.75, 3.05) is 45.9 Å². The largest absolute Gasteiger partial charge is 0.395 e. The molecule has 1 rings (SSSR count). The van der Waals surface area contributed by atoms with Crippen LogP contribution in [-0.2, 0) is 10.2 Å². The summed E-state index contributed by atoms with van der Waals surface area (Å²) in [5, 5.41) is 12.0. The van der Waals surface area contributed by atoms with Crippen molar-refractivity contribution in [3.8, 4) is 0 Å². The van der Waals surface area contributed by atoms with Gasteiger partial charge < -0.3 is 10.4 Å². The molecule has 16 heavy (non-hydrogen) atoms. The highest BCUT2D eigenvalue weighted by Gasteiger charge is 2.29. The quantitative estimate of drug-likeness (QED) is 0.624. The summed E-state index contributed by atoms with van der Waals surface area (Å²) in [5.41, 5.74) is 0. The Morgan fingerprint density at radius 1 is 1.31 bits per heavy atom. The van der Waals surface area contributed by atoms with Crippen molar-refractivity contribution >= 4 is 10.2 Å². The van der Waals surface area contributed by atoms with Crippen LogP contribution in [0.5, 0.6) is 0 Å². The van der Waals surface area contributed by atoms with Crippen LogP contribution in [0.25, 0.3) is 0 Å². The maximum atomic E-state index is 12.2. The fourth-order valence-electron chi connectivity index (χ4n) is 1.74. The van der Waals surface area contributed by atoms with Crippen LogP contribution in [0.4, 0.5) is 0 Å². The number of nitrogens with zero attached hydrogens (tertiary/aromatic N) is 2. The maximum absolute atomic E-state index is 12.2. The normalized spacial score (nSPS) is 19.2. The fourth-order valence-corrected chi connectivity index (χ4v) is 3.44. The number of nitrogens with one attached hydrogen (secondary N) is 1. The summed E-state index contributed by atoms with van der Waals surface area (Å²) in [6, 6.07) is 0. The minimum Gasteiger partial charge on any atom is -0.395 e. The molecule has 1 saturated heterocycles. The molecule has 0 unspecified atom stereocenters. The van der Waals surface area contributed by atoms with E-state index in [1.807, 2.05) is 6.92 Å². The zero-order chi connectivity index (χ0) is 12.0. The summed E-state index contributed by atoms with van der Waals surface area (Å²) in [6.45, 7) is 4.84. The molecule has 0 atom stereocenters. The molecule has 1 aliphatic heterocycles. The molecule has 6 nitrogen and oxygen atoms in total. The van der Waals surface area contributed by atoms with E-state index < -0.39 is 10.2 Å². The van der Waals surface area contributed by atoms with Crippen molar-refractivity contribution in [1.82, 2.24) is 13.9 Å². The molecule has 7 heteroatoms. The topological polar surface area (TPSA) is 72.9 Å². The summed E-state index contributed by atoms with van der Waals surface area (Å²) < 4.78 is 27.2. The summed E-state index contributed by atoms with van der Waals surface area (Å²) in [4.78, 5) is 0.